The number of nitriles is 1. The molecule has 5 rings (SSSR count). The number of carbonyl (C=O) groups is 1. The summed E-state index contributed by atoms with van der Waals surface area (Å²) in [4.78, 5) is 15.0. The highest BCUT2D eigenvalue weighted by atomic mass is 16.2. The zero-order valence-corrected chi connectivity index (χ0v) is 15.9. The second-order valence-corrected chi connectivity index (χ2v) is 8.96. The average molecular weight is 368 g/mol. The summed E-state index contributed by atoms with van der Waals surface area (Å²) in [5.74, 6) is 3.23. The van der Waals surface area contributed by atoms with Gasteiger partial charge in [-0.2, -0.15) is 5.26 Å². The number of aromatic nitrogens is 3. The molecule has 1 saturated carbocycles. The molecule has 1 N–H and O–H groups in total. The van der Waals surface area contributed by atoms with Crippen LogP contribution in [-0.4, -0.2) is 51.8 Å². The zero-order valence-electron chi connectivity index (χ0n) is 15.9. The largest absolute Gasteiger partial charge is 0.342 e. The molecule has 144 valence electrons. The number of hydrogen-bond acceptors (Lipinski definition) is 5. The molecule has 0 radical (unpaired) electrons. The van der Waals surface area contributed by atoms with Crippen LogP contribution in [0.5, 0.6) is 0 Å². The standard InChI is InChI=1S/C20H28N6O/c21-11-16-12-22-13-20(16)9-15(10-20)19(27)25-7-4-14(5-8-25)18-24-23-17-3-1-2-6-26(17)18/h14-16,22H,1-10,12-13H2. The second kappa shape index (κ2) is 6.59. The van der Waals surface area contributed by atoms with E-state index in [2.05, 4.69) is 31.1 Å². The molecule has 1 aliphatic carbocycles. The molecule has 1 aromatic heterocycles. The molecule has 2 saturated heterocycles. The number of fused-ring (bicyclic) bond motifs is 1. The molecule has 0 bridgehead atoms. The van der Waals surface area contributed by atoms with Crippen molar-refractivity contribution in [2.45, 2.75) is 57.4 Å². The van der Waals surface area contributed by atoms with E-state index in [9.17, 15) is 10.1 Å². The van der Waals surface area contributed by atoms with Gasteiger partial charge in [-0.1, -0.05) is 0 Å². The van der Waals surface area contributed by atoms with Crippen molar-refractivity contribution in [3.8, 4) is 6.07 Å². The van der Waals surface area contributed by atoms with Gasteiger partial charge in [-0.25, -0.2) is 0 Å². The third-order valence-corrected chi connectivity index (χ3v) is 7.44. The van der Waals surface area contributed by atoms with Crippen molar-refractivity contribution in [3.63, 3.8) is 0 Å². The topological polar surface area (TPSA) is 86.8 Å². The molecule has 1 atom stereocenters. The monoisotopic (exact) mass is 368 g/mol. The molecule has 3 aliphatic heterocycles. The number of hydrogen-bond donors (Lipinski definition) is 1. The number of rotatable bonds is 2. The van der Waals surface area contributed by atoms with Crippen LogP contribution in [0.2, 0.25) is 0 Å². The molecule has 0 aromatic carbocycles. The van der Waals surface area contributed by atoms with Gasteiger partial charge in [0.05, 0.1) is 12.0 Å². The Balaban J connectivity index is 1.18. The Morgan fingerprint density at radius 3 is 2.78 bits per heavy atom. The van der Waals surface area contributed by atoms with Gasteiger partial charge in [-0.3, -0.25) is 4.79 Å². The average Bonchev–Trinajstić information content (AvgIpc) is 3.30. The number of aryl methyl sites for hydroxylation is 1. The van der Waals surface area contributed by atoms with E-state index in [1.165, 1.54) is 12.8 Å². The molecule has 7 nitrogen and oxygen atoms in total. The van der Waals surface area contributed by atoms with E-state index >= 15 is 0 Å². The highest BCUT2D eigenvalue weighted by molar-refractivity contribution is 5.80. The first-order chi connectivity index (χ1) is 13.2. The molecule has 4 heterocycles. The van der Waals surface area contributed by atoms with Crippen LogP contribution < -0.4 is 5.32 Å². The summed E-state index contributed by atoms with van der Waals surface area (Å²) in [7, 11) is 0. The van der Waals surface area contributed by atoms with E-state index in [1.54, 1.807) is 0 Å². The molecule has 4 aliphatic rings. The Hall–Kier alpha value is -1.94. The predicted molar refractivity (Wildman–Crippen MR) is 98.6 cm³/mol. The third-order valence-electron chi connectivity index (χ3n) is 7.44. The lowest BCUT2D eigenvalue weighted by Gasteiger charge is -2.47. The summed E-state index contributed by atoms with van der Waals surface area (Å²) in [5, 5.41) is 21.6. The van der Waals surface area contributed by atoms with E-state index in [0.717, 1.165) is 76.5 Å². The highest BCUT2D eigenvalue weighted by Gasteiger charge is 2.55. The summed E-state index contributed by atoms with van der Waals surface area (Å²) in [6.45, 7) is 4.39. The Labute approximate surface area is 160 Å². The van der Waals surface area contributed by atoms with E-state index in [-0.39, 0.29) is 17.3 Å². The van der Waals surface area contributed by atoms with Crippen LogP contribution in [-0.2, 0) is 17.8 Å². The lowest BCUT2D eigenvalue weighted by molar-refractivity contribution is -0.145. The predicted octanol–water partition coefficient (Wildman–Crippen LogP) is 1.46. The maximum Gasteiger partial charge on any atom is 0.225 e. The van der Waals surface area contributed by atoms with E-state index in [0.29, 0.717) is 11.8 Å². The van der Waals surface area contributed by atoms with Crippen LogP contribution in [0.15, 0.2) is 0 Å². The number of piperidine rings is 1. The first kappa shape index (κ1) is 17.2. The maximum absolute atomic E-state index is 12.9. The number of nitrogens with zero attached hydrogens (tertiary/aromatic N) is 5. The van der Waals surface area contributed by atoms with Crippen LogP contribution in [0, 0.1) is 28.6 Å². The second-order valence-electron chi connectivity index (χ2n) is 8.96. The van der Waals surface area contributed by atoms with Crippen molar-refractivity contribution in [2.24, 2.45) is 17.3 Å². The number of nitrogens with one attached hydrogen (secondary N) is 1. The highest BCUT2D eigenvalue weighted by Crippen LogP contribution is 2.53. The van der Waals surface area contributed by atoms with Crippen molar-refractivity contribution in [1.82, 2.24) is 25.0 Å². The molecular weight excluding hydrogens is 340 g/mol. The van der Waals surface area contributed by atoms with Crippen molar-refractivity contribution in [2.75, 3.05) is 26.2 Å². The minimum atomic E-state index is 0.0635. The quantitative estimate of drug-likeness (QED) is 0.854. The Morgan fingerprint density at radius 2 is 2.00 bits per heavy atom. The molecular formula is C20H28N6O. The van der Waals surface area contributed by atoms with Crippen molar-refractivity contribution < 1.29 is 4.79 Å². The van der Waals surface area contributed by atoms with E-state index in [4.69, 9.17) is 0 Å². The van der Waals surface area contributed by atoms with Crippen molar-refractivity contribution >= 4 is 5.91 Å². The molecule has 1 spiro atoms. The van der Waals surface area contributed by atoms with Crippen LogP contribution in [0.25, 0.3) is 0 Å². The number of amides is 1. The van der Waals surface area contributed by atoms with Crippen molar-refractivity contribution in [3.05, 3.63) is 11.6 Å². The van der Waals surface area contributed by atoms with Gasteiger partial charge in [-0.05, 0) is 38.5 Å². The SMILES string of the molecule is N#CC1CNCC12CC(C(=O)N1CCC(c3nnc4n3CCCC4)CC1)C2. The third kappa shape index (κ3) is 2.77. The van der Waals surface area contributed by atoms with Gasteiger partial charge < -0.3 is 14.8 Å². The zero-order chi connectivity index (χ0) is 18.4. The fourth-order valence-corrected chi connectivity index (χ4v) is 5.76. The summed E-state index contributed by atoms with van der Waals surface area (Å²) in [6.07, 6.45) is 7.23. The molecule has 27 heavy (non-hydrogen) atoms. The van der Waals surface area contributed by atoms with Gasteiger partial charge in [0.25, 0.3) is 0 Å². The maximum atomic E-state index is 12.9. The van der Waals surface area contributed by atoms with Gasteiger partial charge >= 0.3 is 0 Å². The van der Waals surface area contributed by atoms with Crippen LogP contribution in [0.1, 0.15) is 56.1 Å². The fourth-order valence-electron chi connectivity index (χ4n) is 5.76. The van der Waals surface area contributed by atoms with Gasteiger partial charge in [-0.15, -0.1) is 10.2 Å². The minimum Gasteiger partial charge on any atom is -0.342 e. The van der Waals surface area contributed by atoms with Gasteiger partial charge in [0.15, 0.2) is 0 Å². The van der Waals surface area contributed by atoms with E-state index < -0.39 is 0 Å². The number of carbonyl (C=O) groups excluding carboxylic acids is 1. The molecule has 1 unspecified atom stereocenters. The van der Waals surface area contributed by atoms with Crippen LogP contribution >= 0.6 is 0 Å². The van der Waals surface area contributed by atoms with Gasteiger partial charge in [0, 0.05) is 56.4 Å². The van der Waals surface area contributed by atoms with Gasteiger partial charge in [0.2, 0.25) is 5.91 Å². The smallest absolute Gasteiger partial charge is 0.225 e. The Bertz CT molecular complexity index is 766. The number of likely N-dealkylation sites (tertiary alicyclic amines) is 1. The summed E-state index contributed by atoms with van der Waals surface area (Å²) >= 11 is 0. The minimum absolute atomic E-state index is 0.0635. The first-order valence-electron chi connectivity index (χ1n) is 10.5. The lowest BCUT2D eigenvalue weighted by atomic mass is 9.57. The van der Waals surface area contributed by atoms with Crippen LogP contribution in [0.4, 0.5) is 0 Å². The summed E-state index contributed by atoms with van der Waals surface area (Å²) in [5.41, 5.74) is 0.0635. The Morgan fingerprint density at radius 1 is 1.19 bits per heavy atom. The summed E-state index contributed by atoms with van der Waals surface area (Å²) < 4.78 is 2.33. The lowest BCUT2D eigenvalue weighted by Crippen LogP contribution is -2.51. The van der Waals surface area contributed by atoms with Crippen molar-refractivity contribution in [1.29, 1.82) is 5.26 Å². The van der Waals surface area contributed by atoms with Gasteiger partial charge in [0.1, 0.15) is 11.6 Å². The normalized spacial score (nSPS) is 33.5. The molecule has 1 amide bonds. The van der Waals surface area contributed by atoms with E-state index in [1.807, 2.05) is 0 Å². The fraction of sp³-hybridized carbons (Fsp3) is 0.800. The molecule has 3 fully saturated rings. The molecule has 1 aromatic rings. The van der Waals surface area contributed by atoms with Crippen LogP contribution in [0.3, 0.4) is 0 Å². The summed E-state index contributed by atoms with van der Waals surface area (Å²) in [6, 6.07) is 2.44. The Kier molecular flexibility index (Phi) is 4.19. The first-order valence-corrected chi connectivity index (χ1v) is 10.5. The molecule has 7 heteroatoms.